The van der Waals surface area contributed by atoms with E-state index in [-0.39, 0.29) is 35.7 Å². The van der Waals surface area contributed by atoms with Gasteiger partial charge in [0.2, 0.25) is 5.60 Å². The van der Waals surface area contributed by atoms with Gasteiger partial charge in [0, 0.05) is 44.2 Å². The van der Waals surface area contributed by atoms with Crippen molar-refractivity contribution in [2.24, 2.45) is 22.7 Å². The Labute approximate surface area is 186 Å². The third-order valence-corrected chi connectivity index (χ3v) is 7.61. The van der Waals surface area contributed by atoms with Gasteiger partial charge in [-0.05, 0) is 29.7 Å². The predicted octanol–water partition coefficient (Wildman–Crippen LogP) is 2.44. The number of likely N-dealkylation sites (tertiary alicyclic amines) is 1. The van der Waals surface area contributed by atoms with Crippen LogP contribution in [0.3, 0.4) is 0 Å². The summed E-state index contributed by atoms with van der Waals surface area (Å²) in [7, 11) is 1.64. The number of fused-ring (bicyclic) bond motifs is 4. The number of nitrogens with zero attached hydrogens (tertiary/aromatic N) is 2. The van der Waals surface area contributed by atoms with Crippen molar-refractivity contribution < 1.29 is 23.8 Å². The normalized spacial score (nSPS) is 34.9. The molecule has 166 valence electrons. The zero-order chi connectivity index (χ0) is 21.9. The molecule has 3 heterocycles. The summed E-state index contributed by atoms with van der Waals surface area (Å²) in [6.45, 7) is 1.37. The SMILES string of the molecule is COc1ccc2c(c1)CC1(C2)OC(N2CCC3OC(=O)C4C=CC=CC4C3CC2)=NC1=O. The molecule has 0 saturated carbocycles. The highest BCUT2D eigenvalue weighted by molar-refractivity contribution is 6.02. The van der Waals surface area contributed by atoms with Crippen LogP contribution in [-0.4, -0.2) is 54.7 Å². The van der Waals surface area contributed by atoms with Gasteiger partial charge in [0.05, 0.1) is 13.0 Å². The standard InChI is InChI=1S/C25H26N2O5/c1-30-17-7-6-15-13-25(14-16(15)12-17)23(29)26-24(32-25)27-10-8-19-18-4-2-3-5-20(18)22(28)31-21(19)9-11-27/h2-7,12,18-21H,8-11,13-14H2,1H3. The lowest BCUT2D eigenvalue weighted by molar-refractivity contribution is -0.167. The van der Waals surface area contributed by atoms with Crippen LogP contribution in [0.5, 0.6) is 5.75 Å². The summed E-state index contributed by atoms with van der Waals surface area (Å²) in [6.07, 6.45) is 10.5. The topological polar surface area (TPSA) is 77.4 Å². The minimum atomic E-state index is -0.947. The van der Waals surface area contributed by atoms with Gasteiger partial charge in [0.15, 0.2) is 0 Å². The Kier molecular flexibility index (Phi) is 4.42. The van der Waals surface area contributed by atoms with Crippen molar-refractivity contribution in [3.05, 3.63) is 53.6 Å². The number of amidine groups is 1. The lowest BCUT2D eigenvalue weighted by Crippen LogP contribution is -2.44. The second-order valence-electron chi connectivity index (χ2n) is 9.36. The molecule has 0 radical (unpaired) electrons. The number of benzene rings is 1. The largest absolute Gasteiger partial charge is 0.497 e. The highest BCUT2D eigenvalue weighted by Gasteiger charge is 2.52. The highest BCUT2D eigenvalue weighted by Crippen LogP contribution is 2.42. The number of ether oxygens (including phenoxy) is 3. The van der Waals surface area contributed by atoms with Crippen LogP contribution in [0.15, 0.2) is 47.5 Å². The zero-order valence-electron chi connectivity index (χ0n) is 18.0. The maximum atomic E-state index is 13.0. The molecule has 1 aromatic carbocycles. The van der Waals surface area contributed by atoms with Gasteiger partial charge in [-0.1, -0.05) is 30.4 Å². The van der Waals surface area contributed by atoms with Crippen LogP contribution in [0.1, 0.15) is 24.0 Å². The number of hydrogen-bond donors (Lipinski definition) is 0. The van der Waals surface area contributed by atoms with Crippen molar-refractivity contribution in [3.63, 3.8) is 0 Å². The van der Waals surface area contributed by atoms with Crippen LogP contribution < -0.4 is 4.74 Å². The molecule has 2 aliphatic carbocycles. The van der Waals surface area contributed by atoms with Gasteiger partial charge < -0.3 is 19.1 Å². The van der Waals surface area contributed by atoms with Crippen LogP contribution in [-0.2, 0) is 31.9 Å². The van der Waals surface area contributed by atoms with Gasteiger partial charge in [-0.3, -0.25) is 9.59 Å². The summed E-state index contributed by atoms with van der Waals surface area (Å²) in [5, 5.41) is 0. The molecule has 5 aliphatic rings. The maximum absolute atomic E-state index is 13.0. The van der Waals surface area contributed by atoms with Gasteiger partial charge in [-0.2, -0.15) is 4.99 Å². The molecule has 7 nitrogen and oxygen atoms in total. The van der Waals surface area contributed by atoms with E-state index in [2.05, 4.69) is 16.0 Å². The van der Waals surface area contributed by atoms with Crippen molar-refractivity contribution in [2.45, 2.75) is 37.4 Å². The smallest absolute Gasteiger partial charge is 0.313 e. The molecule has 1 aromatic rings. The fourth-order valence-electron chi connectivity index (χ4n) is 5.91. The van der Waals surface area contributed by atoms with Gasteiger partial charge in [0.25, 0.3) is 11.9 Å². The Balaban J connectivity index is 1.18. The van der Waals surface area contributed by atoms with E-state index in [1.165, 1.54) is 0 Å². The maximum Gasteiger partial charge on any atom is 0.313 e. The number of allylic oxidation sites excluding steroid dienone is 3. The monoisotopic (exact) mass is 434 g/mol. The number of carbonyl (C=O) groups excluding carboxylic acids is 2. The van der Waals surface area contributed by atoms with Crippen LogP contribution >= 0.6 is 0 Å². The van der Waals surface area contributed by atoms with E-state index >= 15 is 0 Å². The van der Waals surface area contributed by atoms with E-state index < -0.39 is 5.60 Å². The van der Waals surface area contributed by atoms with Crippen molar-refractivity contribution in [1.82, 2.24) is 4.90 Å². The van der Waals surface area contributed by atoms with Gasteiger partial charge in [0.1, 0.15) is 11.9 Å². The fraction of sp³-hybridized carbons (Fsp3) is 0.480. The highest BCUT2D eigenvalue weighted by atomic mass is 16.6. The van der Waals surface area contributed by atoms with Gasteiger partial charge in [-0.25, -0.2) is 0 Å². The number of amides is 1. The molecule has 1 spiro atoms. The number of methoxy groups -OCH3 is 1. The van der Waals surface area contributed by atoms with Crippen molar-refractivity contribution >= 4 is 17.9 Å². The molecule has 0 N–H and O–H groups in total. The second-order valence-corrected chi connectivity index (χ2v) is 9.36. The quantitative estimate of drug-likeness (QED) is 0.632. The summed E-state index contributed by atoms with van der Waals surface area (Å²) < 4.78 is 17.5. The van der Waals surface area contributed by atoms with E-state index in [0.717, 1.165) is 29.8 Å². The third kappa shape index (κ3) is 2.98. The first-order valence-electron chi connectivity index (χ1n) is 11.3. The van der Waals surface area contributed by atoms with Gasteiger partial charge >= 0.3 is 5.97 Å². The summed E-state index contributed by atoms with van der Waals surface area (Å²) >= 11 is 0. The van der Waals surface area contributed by atoms with E-state index in [1.54, 1.807) is 7.11 Å². The van der Waals surface area contributed by atoms with Crippen LogP contribution in [0.4, 0.5) is 0 Å². The average Bonchev–Trinajstić information content (AvgIpc) is 3.24. The summed E-state index contributed by atoms with van der Waals surface area (Å²) in [5.41, 5.74) is 1.23. The van der Waals surface area contributed by atoms with Crippen molar-refractivity contribution in [2.75, 3.05) is 20.2 Å². The summed E-state index contributed by atoms with van der Waals surface area (Å²) in [4.78, 5) is 31.9. The number of aliphatic imine (C=N–C) groups is 1. The number of carbonyl (C=O) groups is 2. The molecule has 6 rings (SSSR count). The van der Waals surface area contributed by atoms with Crippen LogP contribution in [0.2, 0.25) is 0 Å². The summed E-state index contributed by atoms with van der Waals surface area (Å²) in [5.74, 6) is 0.682. The first-order valence-corrected chi connectivity index (χ1v) is 11.3. The molecular formula is C25H26N2O5. The first-order chi connectivity index (χ1) is 15.6. The van der Waals surface area contributed by atoms with Crippen molar-refractivity contribution in [1.29, 1.82) is 0 Å². The Morgan fingerprint density at radius 3 is 2.78 bits per heavy atom. The number of hydrogen-bond acceptors (Lipinski definition) is 6. The minimum Gasteiger partial charge on any atom is -0.497 e. The second kappa shape index (κ2) is 7.22. The molecular weight excluding hydrogens is 408 g/mol. The number of rotatable bonds is 1. The molecule has 0 bridgehead atoms. The predicted molar refractivity (Wildman–Crippen MR) is 116 cm³/mol. The lowest BCUT2D eigenvalue weighted by Gasteiger charge is -2.39. The van der Waals surface area contributed by atoms with Crippen molar-refractivity contribution in [3.8, 4) is 5.75 Å². The molecule has 7 heteroatoms. The molecule has 5 unspecified atom stereocenters. The zero-order valence-corrected chi connectivity index (χ0v) is 18.0. The molecule has 3 aliphatic heterocycles. The summed E-state index contributed by atoms with van der Waals surface area (Å²) in [6, 6.07) is 6.31. The molecule has 5 atom stereocenters. The molecule has 32 heavy (non-hydrogen) atoms. The molecule has 2 saturated heterocycles. The van der Waals surface area contributed by atoms with E-state index in [1.807, 2.05) is 36.4 Å². The van der Waals surface area contributed by atoms with Crippen LogP contribution in [0.25, 0.3) is 0 Å². The Morgan fingerprint density at radius 1 is 1.09 bits per heavy atom. The van der Waals surface area contributed by atoms with Gasteiger partial charge in [-0.15, -0.1) is 0 Å². The Morgan fingerprint density at radius 2 is 1.91 bits per heavy atom. The average molecular weight is 434 g/mol. The Hall–Kier alpha value is -3.09. The minimum absolute atomic E-state index is 0.111. The fourth-order valence-corrected chi connectivity index (χ4v) is 5.91. The Bertz CT molecular complexity index is 1080. The molecule has 1 amide bonds. The third-order valence-electron chi connectivity index (χ3n) is 7.61. The van der Waals surface area contributed by atoms with Crippen LogP contribution in [0, 0.1) is 17.8 Å². The first kappa shape index (κ1) is 19.6. The molecule has 0 aromatic heterocycles. The van der Waals surface area contributed by atoms with E-state index in [0.29, 0.717) is 31.8 Å². The lowest BCUT2D eigenvalue weighted by atomic mass is 9.72. The van der Waals surface area contributed by atoms with E-state index in [9.17, 15) is 9.59 Å². The molecule has 2 fully saturated rings. The van der Waals surface area contributed by atoms with E-state index in [4.69, 9.17) is 14.2 Å². The number of esters is 1.